The molecule has 2 N–H and O–H groups in total. The number of anilines is 1. The number of fused-ring (bicyclic) bond motifs is 1. The van der Waals surface area contributed by atoms with Crippen LogP contribution in [0.4, 0.5) is 5.69 Å². The Morgan fingerprint density at radius 1 is 1.38 bits per heavy atom. The van der Waals surface area contributed by atoms with Gasteiger partial charge in [-0.3, -0.25) is 14.6 Å². The van der Waals surface area contributed by atoms with Gasteiger partial charge in [-0.15, -0.1) is 0 Å². The zero-order chi connectivity index (χ0) is 17.1. The molecule has 0 spiro atoms. The number of rotatable bonds is 4. The molecule has 1 amide bonds. The highest BCUT2D eigenvalue weighted by atomic mass is 16.3. The first-order valence-electron chi connectivity index (χ1n) is 8.32. The summed E-state index contributed by atoms with van der Waals surface area (Å²) in [6.07, 6.45) is 7.30. The molecule has 6 nitrogen and oxygen atoms in total. The molecular weight excluding hydrogens is 306 g/mol. The third kappa shape index (κ3) is 2.91. The quantitative estimate of drug-likeness (QED) is 0.903. The standard InChI is InChI=1S/C18H21N3O3/c1-2-10-21-14-8-4-3-7-13(14)16(22)15(18(21)24)17(23)20-12-6-5-9-19-11-12/h5-6,9,11,22H,2-4,7-8,10H2,1H3,(H,20,23). The fourth-order valence-corrected chi connectivity index (χ4v) is 3.25. The van der Waals surface area contributed by atoms with Crippen LogP contribution in [-0.4, -0.2) is 20.6 Å². The Kier molecular flexibility index (Phi) is 4.64. The van der Waals surface area contributed by atoms with E-state index < -0.39 is 11.5 Å². The van der Waals surface area contributed by atoms with E-state index in [9.17, 15) is 14.7 Å². The molecule has 2 heterocycles. The summed E-state index contributed by atoms with van der Waals surface area (Å²) in [4.78, 5) is 29.3. The van der Waals surface area contributed by atoms with Crippen LogP contribution in [0.5, 0.6) is 5.75 Å². The van der Waals surface area contributed by atoms with Gasteiger partial charge in [-0.25, -0.2) is 0 Å². The third-order valence-electron chi connectivity index (χ3n) is 4.34. The molecule has 1 aliphatic carbocycles. The number of hydrogen-bond donors (Lipinski definition) is 2. The third-order valence-corrected chi connectivity index (χ3v) is 4.34. The average Bonchev–Trinajstić information content (AvgIpc) is 2.59. The highest BCUT2D eigenvalue weighted by molar-refractivity contribution is 6.06. The summed E-state index contributed by atoms with van der Waals surface area (Å²) in [5.41, 5.74) is 1.51. The van der Waals surface area contributed by atoms with Crippen LogP contribution in [0.3, 0.4) is 0 Å². The second kappa shape index (κ2) is 6.86. The predicted molar refractivity (Wildman–Crippen MR) is 91.5 cm³/mol. The van der Waals surface area contributed by atoms with Gasteiger partial charge in [-0.05, 0) is 44.2 Å². The molecule has 2 aromatic rings. The Morgan fingerprint density at radius 2 is 2.17 bits per heavy atom. The van der Waals surface area contributed by atoms with E-state index in [0.29, 0.717) is 18.7 Å². The maximum Gasteiger partial charge on any atom is 0.267 e. The van der Waals surface area contributed by atoms with Crippen molar-refractivity contribution in [3.8, 4) is 5.75 Å². The van der Waals surface area contributed by atoms with E-state index in [4.69, 9.17) is 0 Å². The molecule has 0 saturated heterocycles. The SMILES string of the molecule is CCCn1c2c(c(O)c(C(=O)Nc3cccnc3)c1=O)CCCC2. The van der Waals surface area contributed by atoms with Gasteiger partial charge >= 0.3 is 0 Å². The van der Waals surface area contributed by atoms with Crippen molar-refractivity contribution in [3.63, 3.8) is 0 Å². The maximum absolute atomic E-state index is 12.8. The molecule has 0 unspecified atom stereocenters. The molecule has 6 heteroatoms. The van der Waals surface area contributed by atoms with Gasteiger partial charge in [0.1, 0.15) is 11.3 Å². The van der Waals surface area contributed by atoms with Crippen molar-refractivity contribution in [2.24, 2.45) is 0 Å². The van der Waals surface area contributed by atoms with Crippen molar-refractivity contribution in [2.75, 3.05) is 5.32 Å². The lowest BCUT2D eigenvalue weighted by molar-refractivity contribution is 0.102. The van der Waals surface area contributed by atoms with Crippen LogP contribution >= 0.6 is 0 Å². The Bertz CT molecular complexity index is 812. The normalized spacial score (nSPS) is 13.4. The lowest BCUT2D eigenvalue weighted by Gasteiger charge is -2.23. The summed E-state index contributed by atoms with van der Waals surface area (Å²) in [5.74, 6) is -0.757. The molecule has 0 fully saturated rings. The van der Waals surface area contributed by atoms with E-state index >= 15 is 0 Å². The van der Waals surface area contributed by atoms with Gasteiger partial charge in [0, 0.05) is 24.0 Å². The fourth-order valence-electron chi connectivity index (χ4n) is 3.25. The minimum Gasteiger partial charge on any atom is -0.507 e. The first kappa shape index (κ1) is 16.2. The number of nitrogens with one attached hydrogen (secondary N) is 1. The summed E-state index contributed by atoms with van der Waals surface area (Å²) >= 11 is 0. The molecule has 0 bridgehead atoms. The van der Waals surface area contributed by atoms with Crippen molar-refractivity contribution in [1.82, 2.24) is 9.55 Å². The van der Waals surface area contributed by atoms with Crippen LogP contribution in [0.25, 0.3) is 0 Å². The maximum atomic E-state index is 12.8. The van der Waals surface area contributed by atoms with Gasteiger partial charge in [-0.1, -0.05) is 6.92 Å². The minimum atomic E-state index is -0.594. The molecule has 0 aliphatic heterocycles. The van der Waals surface area contributed by atoms with Gasteiger partial charge < -0.3 is 15.0 Å². The Morgan fingerprint density at radius 3 is 2.88 bits per heavy atom. The van der Waals surface area contributed by atoms with Crippen LogP contribution in [-0.2, 0) is 19.4 Å². The van der Waals surface area contributed by atoms with Crippen LogP contribution in [0.15, 0.2) is 29.3 Å². The number of aromatic hydroxyl groups is 1. The molecule has 2 aromatic heterocycles. The highest BCUT2D eigenvalue weighted by Crippen LogP contribution is 2.30. The summed E-state index contributed by atoms with van der Waals surface area (Å²) in [5, 5.41) is 13.2. The van der Waals surface area contributed by atoms with Crippen molar-refractivity contribution in [3.05, 3.63) is 51.7 Å². The van der Waals surface area contributed by atoms with Crippen molar-refractivity contribution in [2.45, 2.75) is 45.6 Å². The molecule has 1 aliphatic rings. The molecule has 126 valence electrons. The summed E-state index contributed by atoms with van der Waals surface area (Å²) in [7, 11) is 0. The van der Waals surface area contributed by atoms with Crippen molar-refractivity contribution in [1.29, 1.82) is 0 Å². The Balaban J connectivity index is 2.08. The molecule has 0 saturated carbocycles. The number of nitrogens with zero attached hydrogens (tertiary/aromatic N) is 2. The average molecular weight is 327 g/mol. The number of hydrogen-bond acceptors (Lipinski definition) is 4. The van der Waals surface area contributed by atoms with Crippen LogP contribution in [0.1, 0.15) is 47.8 Å². The molecule has 0 radical (unpaired) electrons. The fraction of sp³-hybridized carbons (Fsp3) is 0.389. The van der Waals surface area contributed by atoms with Gasteiger partial charge in [0.15, 0.2) is 0 Å². The van der Waals surface area contributed by atoms with Gasteiger partial charge in [0.05, 0.1) is 11.9 Å². The van der Waals surface area contributed by atoms with E-state index in [1.165, 1.54) is 6.20 Å². The highest BCUT2D eigenvalue weighted by Gasteiger charge is 2.27. The van der Waals surface area contributed by atoms with Gasteiger partial charge in [0.25, 0.3) is 11.5 Å². The van der Waals surface area contributed by atoms with E-state index in [1.807, 2.05) is 6.92 Å². The first-order valence-corrected chi connectivity index (χ1v) is 8.32. The second-order valence-corrected chi connectivity index (χ2v) is 6.01. The number of amides is 1. The number of pyridine rings is 2. The lowest BCUT2D eigenvalue weighted by Crippen LogP contribution is -2.33. The zero-order valence-electron chi connectivity index (χ0n) is 13.7. The molecule has 0 aromatic carbocycles. The lowest BCUT2D eigenvalue weighted by atomic mass is 9.93. The Labute approximate surface area is 140 Å². The van der Waals surface area contributed by atoms with Crippen LogP contribution in [0, 0.1) is 0 Å². The minimum absolute atomic E-state index is 0.163. The topological polar surface area (TPSA) is 84.2 Å². The van der Waals surface area contributed by atoms with Gasteiger partial charge in [-0.2, -0.15) is 0 Å². The Hall–Kier alpha value is -2.63. The molecule has 3 rings (SSSR count). The predicted octanol–water partition coefficient (Wildman–Crippen LogP) is 2.49. The smallest absolute Gasteiger partial charge is 0.267 e. The molecule has 24 heavy (non-hydrogen) atoms. The van der Waals surface area contributed by atoms with Crippen LogP contribution < -0.4 is 10.9 Å². The molecule has 0 atom stereocenters. The number of carbonyl (C=O) groups excluding carboxylic acids is 1. The number of aromatic nitrogens is 2. The molecular formula is C18H21N3O3. The summed E-state index contributed by atoms with van der Waals surface area (Å²) < 4.78 is 1.66. The van der Waals surface area contributed by atoms with Gasteiger partial charge in [0.2, 0.25) is 0 Å². The van der Waals surface area contributed by atoms with E-state index in [0.717, 1.165) is 36.9 Å². The van der Waals surface area contributed by atoms with E-state index in [-0.39, 0.29) is 11.3 Å². The van der Waals surface area contributed by atoms with Crippen LogP contribution in [0.2, 0.25) is 0 Å². The number of carbonyl (C=O) groups is 1. The van der Waals surface area contributed by atoms with Crippen molar-refractivity contribution >= 4 is 11.6 Å². The zero-order valence-corrected chi connectivity index (χ0v) is 13.7. The van der Waals surface area contributed by atoms with Crippen molar-refractivity contribution < 1.29 is 9.90 Å². The summed E-state index contributed by atoms with van der Waals surface area (Å²) in [6, 6.07) is 3.38. The van der Waals surface area contributed by atoms with E-state index in [1.54, 1.807) is 22.9 Å². The summed E-state index contributed by atoms with van der Waals surface area (Å²) in [6.45, 7) is 2.54. The largest absolute Gasteiger partial charge is 0.507 e. The first-order chi connectivity index (χ1) is 11.6. The second-order valence-electron chi connectivity index (χ2n) is 6.01. The monoisotopic (exact) mass is 327 g/mol. The van der Waals surface area contributed by atoms with E-state index in [2.05, 4.69) is 10.3 Å².